The first-order valence-electron chi connectivity index (χ1n) is 5.51. The van der Waals surface area contributed by atoms with E-state index in [2.05, 4.69) is 0 Å². The molecule has 0 spiro atoms. The Bertz CT molecular complexity index is 295. The zero-order valence-electron chi connectivity index (χ0n) is 9.89. The fraction of sp³-hybridized carbons (Fsp3) is 0.538. The molecule has 3 heteroatoms. The monoisotopic (exact) mass is 224 g/mol. The third-order valence-electron chi connectivity index (χ3n) is 2.84. The van der Waals surface area contributed by atoms with Crippen LogP contribution >= 0.6 is 0 Å². The lowest BCUT2D eigenvalue weighted by Gasteiger charge is -2.28. The minimum atomic E-state index is -0.983. The van der Waals surface area contributed by atoms with Gasteiger partial charge in [-0.15, -0.1) is 0 Å². The van der Waals surface area contributed by atoms with Crippen LogP contribution in [0.15, 0.2) is 30.3 Å². The Kier molecular flexibility index (Phi) is 4.93. The number of hydrogen-bond donors (Lipinski definition) is 2. The first-order valence-corrected chi connectivity index (χ1v) is 5.51. The summed E-state index contributed by atoms with van der Waals surface area (Å²) in [6.07, 6.45) is 0. The topological polar surface area (TPSA) is 49.7 Å². The van der Waals surface area contributed by atoms with Crippen LogP contribution in [0.5, 0.6) is 0 Å². The lowest BCUT2D eigenvalue weighted by molar-refractivity contribution is -0.0832. The third-order valence-corrected chi connectivity index (χ3v) is 2.84. The van der Waals surface area contributed by atoms with Gasteiger partial charge in [-0.2, -0.15) is 0 Å². The Morgan fingerprint density at radius 2 is 1.94 bits per heavy atom. The van der Waals surface area contributed by atoms with Gasteiger partial charge in [-0.3, -0.25) is 0 Å². The van der Waals surface area contributed by atoms with Crippen molar-refractivity contribution in [2.75, 3.05) is 13.2 Å². The molecule has 1 aromatic rings. The van der Waals surface area contributed by atoms with E-state index in [4.69, 9.17) is 9.84 Å². The summed E-state index contributed by atoms with van der Waals surface area (Å²) < 4.78 is 5.45. The lowest BCUT2D eigenvalue weighted by Crippen LogP contribution is -2.39. The van der Waals surface area contributed by atoms with Crippen LogP contribution in [0.4, 0.5) is 0 Å². The normalized spacial score (nSPS) is 16.8. The molecule has 0 aliphatic rings. The van der Waals surface area contributed by atoms with E-state index < -0.39 is 5.60 Å². The fourth-order valence-corrected chi connectivity index (χ4v) is 1.29. The van der Waals surface area contributed by atoms with E-state index >= 15 is 0 Å². The van der Waals surface area contributed by atoms with Crippen molar-refractivity contribution in [3.05, 3.63) is 35.9 Å². The molecule has 1 aromatic carbocycles. The first-order chi connectivity index (χ1) is 7.56. The van der Waals surface area contributed by atoms with Gasteiger partial charge in [0, 0.05) is 12.5 Å². The SMILES string of the molecule is C[C@@H](CO)C(C)(O)COCc1ccccc1. The van der Waals surface area contributed by atoms with Crippen molar-refractivity contribution in [3.63, 3.8) is 0 Å². The standard InChI is InChI=1S/C13H20O3/c1-11(8-14)13(2,15)10-16-9-12-6-4-3-5-7-12/h3-7,11,14-15H,8-10H2,1-2H3/t11-,13?/m0/s1. The van der Waals surface area contributed by atoms with E-state index in [0.29, 0.717) is 6.61 Å². The average molecular weight is 224 g/mol. The van der Waals surface area contributed by atoms with E-state index in [1.165, 1.54) is 0 Å². The van der Waals surface area contributed by atoms with Gasteiger partial charge in [-0.1, -0.05) is 37.3 Å². The lowest BCUT2D eigenvalue weighted by atomic mass is 9.92. The van der Waals surface area contributed by atoms with Gasteiger partial charge in [0.05, 0.1) is 18.8 Å². The first kappa shape index (κ1) is 13.2. The second-order valence-electron chi connectivity index (χ2n) is 4.42. The Balaban J connectivity index is 2.35. The van der Waals surface area contributed by atoms with Gasteiger partial charge in [0.15, 0.2) is 0 Å². The summed E-state index contributed by atoms with van der Waals surface area (Å²) in [5, 5.41) is 18.9. The molecule has 16 heavy (non-hydrogen) atoms. The van der Waals surface area contributed by atoms with Crippen LogP contribution in [0, 0.1) is 5.92 Å². The van der Waals surface area contributed by atoms with Crippen molar-refractivity contribution in [2.45, 2.75) is 26.1 Å². The highest BCUT2D eigenvalue weighted by molar-refractivity contribution is 5.13. The predicted molar refractivity (Wildman–Crippen MR) is 63.0 cm³/mol. The van der Waals surface area contributed by atoms with Crippen LogP contribution in [0.25, 0.3) is 0 Å². The molecule has 2 atom stereocenters. The number of hydrogen-bond acceptors (Lipinski definition) is 3. The largest absolute Gasteiger partial charge is 0.396 e. The maximum absolute atomic E-state index is 9.98. The van der Waals surface area contributed by atoms with Crippen LogP contribution < -0.4 is 0 Å². The molecular weight excluding hydrogens is 204 g/mol. The van der Waals surface area contributed by atoms with Crippen LogP contribution in [0.1, 0.15) is 19.4 Å². The van der Waals surface area contributed by atoms with E-state index in [-0.39, 0.29) is 19.1 Å². The van der Waals surface area contributed by atoms with E-state index in [1.54, 1.807) is 13.8 Å². The van der Waals surface area contributed by atoms with E-state index in [9.17, 15) is 5.11 Å². The maximum atomic E-state index is 9.98. The highest BCUT2D eigenvalue weighted by Gasteiger charge is 2.27. The molecule has 0 amide bonds. The molecule has 0 aromatic heterocycles. The molecule has 1 unspecified atom stereocenters. The summed E-state index contributed by atoms with van der Waals surface area (Å²) in [7, 11) is 0. The Labute approximate surface area is 96.7 Å². The highest BCUT2D eigenvalue weighted by Crippen LogP contribution is 2.17. The summed E-state index contributed by atoms with van der Waals surface area (Å²) in [5.41, 5.74) is 0.0961. The molecule has 0 fully saturated rings. The molecule has 0 aliphatic heterocycles. The van der Waals surface area contributed by atoms with Gasteiger partial charge in [0.25, 0.3) is 0 Å². The summed E-state index contributed by atoms with van der Waals surface area (Å²) in [4.78, 5) is 0. The fourth-order valence-electron chi connectivity index (χ4n) is 1.29. The zero-order chi connectivity index (χ0) is 12.0. The number of ether oxygens (including phenoxy) is 1. The van der Waals surface area contributed by atoms with Gasteiger partial charge in [0.1, 0.15) is 0 Å². The smallest absolute Gasteiger partial charge is 0.0899 e. The third kappa shape index (κ3) is 3.93. The van der Waals surface area contributed by atoms with Gasteiger partial charge in [-0.05, 0) is 12.5 Å². The molecule has 0 bridgehead atoms. The van der Waals surface area contributed by atoms with E-state index in [1.807, 2.05) is 30.3 Å². The second-order valence-corrected chi connectivity index (χ2v) is 4.42. The summed E-state index contributed by atoms with van der Waals surface area (Å²) in [6.45, 7) is 4.14. The molecule has 0 radical (unpaired) electrons. The summed E-state index contributed by atoms with van der Waals surface area (Å²) in [5.74, 6) is -0.191. The van der Waals surface area contributed by atoms with Crippen molar-refractivity contribution >= 4 is 0 Å². The van der Waals surface area contributed by atoms with Gasteiger partial charge < -0.3 is 14.9 Å². The molecule has 3 nitrogen and oxygen atoms in total. The van der Waals surface area contributed by atoms with Gasteiger partial charge in [0.2, 0.25) is 0 Å². The van der Waals surface area contributed by atoms with Gasteiger partial charge >= 0.3 is 0 Å². The van der Waals surface area contributed by atoms with Crippen LogP contribution in [-0.2, 0) is 11.3 Å². The minimum Gasteiger partial charge on any atom is -0.396 e. The number of benzene rings is 1. The van der Waals surface area contributed by atoms with Crippen LogP contribution in [0.2, 0.25) is 0 Å². The molecule has 0 saturated carbocycles. The van der Waals surface area contributed by atoms with E-state index in [0.717, 1.165) is 5.56 Å². The molecule has 0 aliphatic carbocycles. The molecule has 2 N–H and O–H groups in total. The van der Waals surface area contributed by atoms with Crippen molar-refractivity contribution in [2.24, 2.45) is 5.92 Å². The summed E-state index contributed by atoms with van der Waals surface area (Å²) in [6, 6.07) is 9.81. The Hall–Kier alpha value is -0.900. The quantitative estimate of drug-likeness (QED) is 0.771. The Morgan fingerprint density at radius 1 is 1.31 bits per heavy atom. The average Bonchev–Trinajstić information content (AvgIpc) is 2.29. The number of aliphatic hydroxyl groups excluding tert-OH is 1. The van der Waals surface area contributed by atoms with Crippen molar-refractivity contribution in [3.8, 4) is 0 Å². The molecule has 0 saturated heterocycles. The predicted octanol–water partition coefficient (Wildman–Crippen LogP) is 1.58. The molecule has 1 rings (SSSR count). The molecule has 0 heterocycles. The molecule has 90 valence electrons. The van der Waals surface area contributed by atoms with Gasteiger partial charge in [-0.25, -0.2) is 0 Å². The van der Waals surface area contributed by atoms with Crippen LogP contribution in [0.3, 0.4) is 0 Å². The number of aliphatic hydroxyl groups is 2. The second kappa shape index (κ2) is 5.99. The zero-order valence-corrected chi connectivity index (χ0v) is 9.89. The maximum Gasteiger partial charge on any atom is 0.0899 e. The van der Waals surface area contributed by atoms with Crippen LogP contribution in [-0.4, -0.2) is 29.0 Å². The highest BCUT2D eigenvalue weighted by atomic mass is 16.5. The Morgan fingerprint density at radius 3 is 2.50 bits per heavy atom. The molecular formula is C13H20O3. The van der Waals surface area contributed by atoms with Crippen molar-refractivity contribution in [1.82, 2.24) is 0 Å². The van der Waals surface area contributed by atoms with Crippen molar-refractivity contribution in [1.29, 1.82) is 0 Å². The van der Waals surface area contributed by atoms with Crippen molar-refractivity contribution < 1.29 is 14.9 Å². The number of rotatable bonds is 6. The minimum absolute atomic E-state index is 0.0400. The summed E-state index contributed by atoms with van der Waals surface area (Å²) >= 11 is 0.